The van der Waals surface area contributed by atoms with Crippen LogP contribution >= 0.6 is 11.3 Å². The van der Waals surface area contributed by atoms with Crippen molar-refractivity contribution in [3.05, 3.63) is 65.8 Å². The third-order valence-electron chi connectivity index (χ3n) is 2.67. The summed E-state index contributed by atoms with van der Waals surface area (Å²) < 4.78 is 1.17. The molecule has 0 fully saturated rings. The monoisotopic (exact) mass is 254 g/mol. The van der Waals surface area contributed by atoms with Crippen LogP contribution in [0.15, 0.2) is 48.8 Å². The van der Waals surface area contributed by atoms with Crippen LogP contribution in [0.5, 0.6) is 0 Å². The van der Waals surface area contributed by atoms with Crippen LogP contribution in [0.4, 0.5) is 0 Å². The van der Waals surface area contributed by atoms with Crippen molar-refractivity contribution in [2.24, 2.45) is 5.73 Å². The van der Waals surface area contributed by atoms with Crippen LogP contribution in [0.3, 0.4) is 0 Å². The van der Waals surface area contributed by atoms with Gasteiger partial charge < -0.3 is 5.73 Å². The quantitative estimate of drug-likeness (QED) is 0.781. The molecule has 3 rings (SSSR count). The van der Waals surface area contributed by atoms with Gasteiger partial charge in [0, 0.05) is 18.8 Å². The fourth-order valence-electron chi connectivity index (χ4n) is 1.79. The van der Waals surface area contributed by atoms with Crippen molar-refractivity contribution >= 4 is 21.6 Å². The standard InChI is InChI=1S/C14H12N3S/c15-11(9-10-5-7-16-8-6-10)14-17-12-3-1-2-4-13(12)18-14/h1-9,11H,15H2. The van der Waals surface area contributed by atoms with E-state index in [1.54, 1.807) is 23.7 Å². The van der Waals surface area contributed by atoms with Crippen molar-refractivity contribution in [3.63, 3.8) is 0 Å². The summed E-state index contributed by atoms with van der Waals surface area (Å²) in [4.78, 5) is 8.54. The number of aromatic nitrogens is 2. The van der Waals surface area contributed by atoms with Crippen molar-refractivity contribution in [3.8, 4) is 0 Å². The first-order valence-electron chi connectivity index (χ1n) is 5.69. The molecule has 3 nitrogen and oxygen atoms in total. The van der Waals surface area contributed by atoms with E-state index in [4.69, 9.17) is 5.73 Å². The minimum atomic E-state index is -0.176. The number of pyridine rings is 1. The highest BCUT2D eigenvalue weighted by Crippen LogP contribution is 2.27. The number of nitrogens with two attached hydrogens (primary N) is 1. The number of thiazole rings is 1. The molecule has 4 heteroatoms. The maximum absolute atomic E-state index is 6.16. The van der Waals surface area contributed by atoms with Gasteiger partial charge in [-0.2, -0.15) is 0 Å². The zero-order chi connectivity index (χ0) is 12.4. The van der Waals surface area contributed by atoms with Crippen LogP contribution in [0.25, 0.3) is 10.2 Å². The lowest BCUT2D eigenvalue weighted by molar-refractivity contribution is 0.845. The van der Waals surface area contributed by atoms with Gasteiger partial charge in [-0.25, -0.2) is 4.98 Å². The van der Waals surface area contributed by atoms with Crippen molar-refractivity contribution in [1.29, 1.82) is 0 Å². The number of rotatable bonds is 3. The molecule has 2 aromatic heterocycles. The van der Waals surface area contributed by atoms with Gasteiger partial charge in [0.15, 0.2) is 0 Å². The maximum atomic E-state index is 6.16. The van der Waals surface area contributed by atoms with Crippen LogP contribution in [0.2, 0.25) is 0 Å². The van der Waals surface area contributed by atoms with Gasteiger partial charge in [0.2, 0.25) is 0 Å². The first kappa shape index (κ1) is 11.3. The summed E-state index contributed by atoms with van der Waals surface area (Å²) in [6, 6.07) is 11.8. The number of para-hydroxylation sites is 1. The van der Waals surface area contributed by atoms with Crippen LogP contribution in [0, 0.1) is 6.42 Å². The Kier molecular flexibility index (Phi) is 3.04. The number of hydrogen-bond donors (Lipinski definition) is 1. The Bertz CT molecular complexity index is 615. The average Bonchev–Trinajstić information content (AvgIpc) is 2.84. The molecule has 18 heavy (non-hydrogen) atoms. The molecule has 0 saturated heterocycles. The van der Waals surface area contributed by atoms with E-state index in [9.17, 15) is 0 Å². The molecule has 0 spiro atoms. The Morgan fingerprint density at radius 3 is 2.67 bits per heavy atom. The molecule has 0 aliphatic carbocycles. The summed E-state index contributed by atoms with van der Waals surface area (Å²) >= 11 is 1.64. The molecular weight excluding hydrogens is 242 g/mol. The van der Waals surface area contributed by atoms with E-state index >= 15 is 0 Å². The van der Waals surface area contributed by atoms with Crippen LogP contribution in [0.1, 0.15) is 16.6 Å². The van der Waals surface area contributed by atoms with Crippen molar-refractivity contribution in [2.75, 3.05) is 0 Å². The fraction of sp³-hybridized carbons (Fsp3) is 0.0714. The Hall–Kier alpha value is -1.78. The van der Waals surface area contributed by atoms with Crippen LogP contribution in [-0.2, 0) is 0 Å². The van der Waals surface area contributed by atoms with Gasteiger partial charge in [-0.05, 0) is 29.8 Å². The Morgan fingerprint density at radius 1 is 1.11 bits per heavy atom. The summed E-state index contributed by atoms with van der Waals surface area (Å²) in [5.41, 5.74) is 8.24. The van der Waals surface area contributed by atoms with Gasteiger partial charge in [0.05, 0.1) is 16.3 Å². The average molecular weight is 254 g/mol. The normalized spacial score (nSPS) is 12.7. The molecule has 2 heterocycles. The van der Waals surface area contributed by atoms with Gasteiger partial charge in [-0.1, -0.05) is 12.1 Å². The van der Waals surface area contributed by atoms with Gasteiger partial charge in [-0.15, -0.1) is 11.3 Å². The molecule has 1 unspecified atom stereocenters. The van der Waals surface area contributed by atoms with E-state index < -0.39 is 0 Å². The van der Waals surface area contributed by atoms with E-state index in [2.05, 4.69) is 16.0 Å². The molecule has 0 amide bonds. The minimum Gasteiger partial charge on any atom is -0.321 e. The third-order valence-corrected chi connectivity index (χ3v) is 3.81. The summed E-state index contributed by atoms with van der Waals surface area (Å²) in [5, 5.41) is 0.938. The van der Waals surface area contributed by atoms with E-state index in [1.165, 1.54) is 4.70 Å². The van der Waals surface area contributed by atoms with E-state index in [0.29, 0.717) is 0 Å². The van der Waals surface area contributed by atoms with E-state index in [1.807, 2.05) is 36.8 Å². The van der Waals surface area contributed by atoms with E-state index in [0.717, 1.165) is 16.1 Å². The molecule has 89 valence electrons. The predicted octanol–water partition coefficient (Wildman–Crippen LogP) is 2.94. The highest BCUT2D eigenvalue weighted by atomic mass is 32.1. The molecular formula is C14H12N3S. The summed E-state index contributed by atoms with van der Waals surface area (Å²) in [5.74, 6) is 0. The molecule has 0 saturated carbocycles. The Labute approximate surface area is 109 Å². The zero-order valence-corrected chi connectivity index (χ0v) is 10.5. The van der Waals surface area contributed by atoms with Crippen molar-refractivity contribution in [1.82, 2.24) is 9.97 Å². The highest BCUT2D eigenvalue weighted by Gasteiger charge is 2.12. The van der Waals surface area contributed by atoms with Gasteiger partial charge in [0.25, 0.3) is 0 Å². The van der Waals surface area contributed by atoms with Crippen LogP contribution < -0.4 is 5.73 Å². The maximum Gasteiger partial charge on any atom is 0.111 e. The molecule has 1 radical (unpaired) electrons. The Morgan fingerprint density at radius 2 is 1.89 bits per heavy atom. The van der Waals surface area contributed by atoms with Crippen molar-refractivity contribution in [2.45, 2.75) is 6.04 Å². The molecule has 2 N–H and O–H groups in total. The number of benzene rings is 1. The predicted molar refractivity (Wildman–Crippen MR) is 74.2 cm³/mol. The molecule has 3 aromatic rings. The summed E-state index contributed by atoms with van der Waals surface area (Å²) in [6.07, 6.45) is 5.52. The topological polar surface area (TPSA) is 51.8 Å². The lowest BCUT2D eigenvalue weighted by Crippen LogP contribution is -2.11. The molecule has 1 atom stereocenters. The molecule has 0 aliphatic heterocycles. The second kappa shape index (κ2) is 4.84. The molecule has 1 aromatic carbocycles. The molecule has 0 bridgehead atoms. The third kappa shape index (κ3) is 2.25. The lowest BCUT2D eigenvalue weighted by atomic mass is 10.1. The van der Waals surface area contributed by atoms with Gasteiger partial charge in [-0.3, -0.25) is 4.98 Å². The summed E-state index contributed by atoms with van der Waals surface area (Å²) in [6.45, 7) is 0. The molecule has 0 aliphatic rings. The second-order valence-electron chi connectivity index (χ2n) is 3.99. The highest BCUT2D eigenvalue weighted by molar-refractivity contribution is 7.18. The first-order valence-corrected chi connectivity index (χ1v) is 6.50. The van der Waals surface area contributed by atoms with E-state index in [-0.39, 0.29) is 6.04 Å². The second-order valence-corrected chi connectivity index (χ2v) is 5.06. The number of hydrogen-bond acceptors (Lipinski definition) is 4. The van der Waals surface area contributed by atoms with Gasteiger partial charge in [0.1, 0.15) is 5.01 Å². The number of nitrogens with zero attached hydrogens (tertiary/aromatic N) is 2. The van der Waals surface area contributed by atoms with Crippen molar-refractivity contribution < 1.29 is 0 Å². The minimum absolute atomic E-state index is 0.176. The zero-order valence-electron chi connectivity index (χ0n) is 9.65. The lowest BCUT2D eigenvalue weighted by Gasteiger charge is -2.07. The van der Waals surface area contributed by atoms with Gasteiger partial charge >= 0.3 is 0 Å². The largest absolute Gasteiger partial charge is 0.321 e. The Balaban J connectivity index is 1.86. The van der Waals surface area contributed by atoms with Crippen LogP contribution in [-0.4, -0.2) is 9.97 Å². The number of fused-ring (bicyclic) bond motifs is 1. The first-order chi connectivity index (χ1) is 8.83. The SMILES string of the molecule is NC([CH]c1ccncc1)c1nc2ccccc2s1. The fourth-order valence-corrected chi connectivity index (χ4v) is 2.72. The smallest absolute Gasteiger partial charge is 0.111 e. The summed E-state index contributed by atoms with van der Waals surface area (Å²) in [7, 11) is 0.